The molecule has 0 saturated carbocycles. The van der Waals surface area contributed by atoms with Crippen LogP contribution in [0.25, 0.3) is 0 Å². The molecule has 19 heavy (non-hydrogen) atoms. The van der Waals surface area contributed by atoms with Crippen molar-refractivity contribution in [2.75, 3.05) is 11.9 Å². The van der Waals surface area contributed by atoms with Crippen molar-refractivity contribution in [3.05, 3.63) is 16.9 Å². The Morgan fingerprint density at radius 3 is 2.68 bits per heavy atom. The molecule has 5 nitrogen and oxygen atoms in total. The molecule has 1 atom stereocenters. The molecule has 1 unspecified atom stereocenters. The zero-order valence-electron chi connectivity index (χ0n) is 11.6. The van der Waals surface area contributed by atoms with Crippen LogP contribution in [-0.2, 0) is 4.79 Å². The average molecular weight is 285 g/mol. The lowest BCUT2D eigenvalue weighted by molar-refractivity contribution is -0.117. The van der Waals surface area contributed by atoms with E-state index in [2.05, 4.69) is 29.1 Å². The number of nitrogens with two attached hydrogens (primary N) is 1. The van der Waals surface area contributed by atoms with Crippen LogP contribution >= 0.6 is 11.6 Å². The van der Waals surface area contributed by atoms with Crippen LogP contribution in [-0.4, -0.2) is 22.4 Å². The molecule has 0 saturated heterocycles. The minimum atomic E-state index is -0.127. The van der Waals surface area contributed by atoms with Crippen LogP contribution < -0.4 is 11.1 Å². The van der Waals surface area contributed by atoms with Crippen molar-refractivity contribution in [1.82, 2.24) is 9.97 Å². The Kier molecular flexibility index (Phi) is 6.18. The first-order valence-corrected chi connectivity index (χ1v) is 6.79. The van der Waals surface area contributed by atoms with E-state index in [-0.39, 0.29) is 17.8 Å². The van der Waals surface area contributed by atoms with Gasteiger partial charge in [-0.1, -0.05) is 25.4 Å². The topological polar surface area (TPSA) is 80.9 Å². The smallest absolute Gasteiger partial charge is 0.231 e. The number of anilines is 1. The Hall–Kier alpha value is -1.20. The molecular weight excluding hydrogens is 264 g/mol. The number of amides is 1. The first kappa shape index (κ1) is 15.9. The number of aromatic nitrogens is 2. The molecule has 1 aromatic heterocycles. The predicted octanol–water partition coefficient (Wildman–Crippen LogP) is 2.39. The summed E-state index contributed by atoms with van der Waals surface area (Å²) >= 11 is 5.81. The number of carbonyl (C=O) groups excluding carboxylic acids is 1. The van der Waals surface area contributed by atoms with Crippen molar-refractivity contribution in [2.24, 2.45) is 17.6 Å². The fourth-order valence-electron chi connectivity index (χ4n) is 1.95. The van der Waals surface area contributed by atoms with E-state index in [0.29, 0.717) is 29.7 Å². The second kappa shape index (κ2) is 7.40. The van der Waals surface area contributed by atoms with E-state index in [4.69, 9.17) is 17.3 Å². The van der Waals surface area contributed by atoms with E-state index in [9.17, 15) is 4.79 Å². The van der Waals surface area contributed by atoms with Crippen LogP contribution in [0.15, 0.2) is 6.07 Å². The van der Waals surface area contributed by atoms with Gasteiger partial charge in [0.25, 0.3) is 0 Å². The third kappa shape index (κ3) is 5.98. The van der Waals surface area contributed by atoms with Crippen LogP contribution in [0.1, 0.15) is 32.4 Å². The van der Waals surface area contributed by atoms with E-state index >= 15 is 0 Å². The number of aryl methyl sites for hydroxylation is 1. The first-order chi connectivity index (χ1) is 8.90. The maximum atomic E-state index is 11.9. The zero-order valence-corrected chi connectivity index (χ0v) is 12.4. The summed E-state index contributed by atoms with van der Waals surface area (Å²) in [6.45, 7) is 6.53. The summed E-state index contributed by atoms with van der Waals surface area (Å²) in [5, 5.41) is 2.98. The molecule has 6 heteroatoms. The van der Waals surface area contributed by atoms with Crippen molar-refractivity contribution in [3.8, 4) is 0 Å². The van der Waals surface area contributed by atoms with Crippen molar-refractivity contribution < 1.29 is 4.79 Å². The molecule has 0 fully saturated rings. The molecular formula is C13H21ClN4O. The highest BCUT2D eigenvalue weighted by atomic mass is 35.5. The van der Waals surface area contributed by atoms with Gasteiger partial charge in [-0.15, -0.1) is 0 Å². The molecule has 0 spiro atoms. The molecule has 106 valence electrons. The molecule has 0 aliphatic carbocycles. The predicted molar refractivity (Wildman–Crippen MR) is 77.0 cm³/mol. The maximum Gasteiger partial charge on any atom is 0.231 e. The molecule has 3 N–H and O–H groups in total. The number of nitrogens with zero attached hydrogens (tertiary/aromatic N) is 2. The highest BCUT2D eigenvalue weighted by Crippen LogP contribution is 2.15. The molecule has 1 aromatic rings. The third-order valence-electron chi connectivity index (χ3n) is 2.69. The van der Waals surface area contributed by atoms with Crippen LogP contribution in [0.2, 0.25) is 5.15 Å². The summed E-state index contributed by atoms with van der Waals surface area (Å²) in [5.74, 6) is 0.819. The Morgan fingerprint density at radius 2 is 2.16 bits per heavy atom. The van der Waals surface area contributed by atoms with Gasteiger partial charge in [-0.2, -0.15) is 0 Å². The fraction of sp³-hybridized carbons (Fsp3) is 0.615. The van der Waals surface area contributed by atoms with Gasteiger partial charge in [0.2, 0.25) is 11.9 Å². The van der Waals surface area contributed by atoms with E-state index in [1.54, 1.807) is 13.0 Å². The van der Waals surface area contributed by atoms with Crippen LogP contribution in [0.5, 0.6) is 0 Å². The summed E-state index contributed by atoms with van der Waals surface area (Å²) in [6, 6.07) is 1.64. The summed E-state index contributed by atoms with van der Waals surface area (Å²) in [6.07, 6.45) is 1.31. The molecule has 0 bridgehead atoms. The highest BCUT2D eigenvalue weighted by Gasteiger charge is 2.15. The lowest BCUT2D eigenvalue weighted by Crippen LogP contribution is -2.24. The van der Waals surface area contributed by atoms with E-state index < -0.39 is 0 Å². The van der Waals surface area contributed by atoms with E-state index in [1.165, 1.54) is 0 Å². The maximum absolute atomic E-state index is 11.9. The minimum absolute atomic E-state index is 0.127. The largest absolute Gasteiger partial charge is 0.330 e. The van der Waals surface area contributed by atoms with Gasteiger partial charge >= 0.3 is 0 Å². The van der Waals surface area contributed by atoms with Crippen molar-refractivity contribution in [2.45, 2.75) is 33.6 Å². The lowest BCUT2D eigenvalue weighted by atomic mass is 9.94. The Morgan fingerprint density at radius 1 is 1.47 bits per heavy atom. The number of rotatable bonds is 6. The highest BCUT2D eigenvalue weighted by molar-refractivity contribution is 6.29. The van der Waals surface area contributed by atoms with Gasteiger partial charge in [0, 0.05) is 12.1 Å². The standard InChI is InChI=1S/C13H21ClN4O/c1-8(2)4-10(7-15)6-12(19)18-13-16-9(3)5-11(14)17-13/h5,8,10H,4,6-7,15H2,1-3H3,(H,16,17,18,19). The Bertz CT molecular complexity index is 416. The van der Waals surface area contributed by atoms with Crippen molar-refractivity contribution >= 4 is 23.5 Å². The van der Waals surface area contributed by atoms with Gasteiger partial charge in [0.05, 0.1) is 0 Å². The molecule has 1 heterocycles. The molecule has 0 aromatic carbocycles. The number of hydrogen-bond donors (Lipinski definition) is 2. The second-order valence-electron chi connectivity index (χ2n) is 5.14. The Balaban J connectivity index is 2.58. The third-order valence-corrected chi connectivity index (χ3v) is 2.88. The van der Waals surface area contributed by atoms with Crippen LogP contribution in [0.4, 0.5) is 5.95 Å². The summed E-state index contributed by atoms with van der Waals surface area (Å²) in [7, 11) is 0. The number of nitrogens with one attached hydrogen (secondary N) is 1. The van der Waals surface area contributed by atoms with Gasteiger partial charge in [-0.25, -0.2) is 9.97 Å². The molecule has 1 amide bonds. The normalized spacial score (nSPS) is 12.5. The number of hydrogen-bond acceptors (Lipinski definition) is 4. The summed E-state index contributed by atoms with van der Waals surface area (Å²) in [4.78, 5) is 20.0. The Labute approximate surface area is 119 Å². The lowest BCUT2D eigenvalue weighted by Gasteiger charge is -2.16. The average Bonchev–Trinajstić information content (AvgIpc) is 2.25. The summed E-state index contributed by atoms with van der Waals surface area (Å²) in [5.41, 5.74) is 6.39. The second-order valence-corrected chi connectivity index (χ2v) is 5.53. The van der Waals surface area contributed by atoms with Gasteiger partial charge in [0.1, 0.15) is 5.15 Å². The van der Waals surface area contributed by atoms with Gasteiger partial charge < -0.3 is 5.73 Å². The van der Waals surface area contributed by atoms with Gasteiger partial charge in [0.15, 0.2) is 0 Å². The molecule has 0 aliphatic rings. The molecule has 1 rings (SSSR count). The van der Waals surface area contributed by atoms with Crippen molar-refractivity contribution in [3.63, 3.8) is 0 Å². The SMILES string of the molecule is Cc1cc(Cl)nc(NC(=O)CC(CN)CC(C)C)n1. The van der Waals surface area contributed by atoms with E-state index in [1.807, 2.05) is 0 Å². The fourth-order valence-corrected chi connectivity index (χ4v) is 2.19. The minimum Gasteiger partial charge on any atom is -0.330 e. The van der Waals surface area contributed by atoms with Gasteiger partial charge in [-0.05, 0) is 37.8 Å². The van der Waals surface area contributed by atoms with Crippen LogP contribution in [0, 0.1) is 18.8 Å². The zero-order chi connectivity index (χ0) is 14.4. The monoisotopic (exact) mass is 284 g/mol. The quantitative estimate of drug-likeness (QED) is 0.786. The van der Waals surface area contributed by atoms with E-state index in [0.717, 1.165) is 6.42 Å². The molecule has 0 aliphatic heterocycles. The first-order valence-electron chi connectivity index (χ1n) is 6.41. The number of carbonyl (C=O) groups is 1. The number of halogens is 1. The van der Waals surface area contributed by atoms with Crippen LogP contribution in [0.3, 0.4) is 0 Å². The van der Waals surface area contributed by atoms with Crippen molar-refractivity contribution in [1.29, 1.82) is 0 Å². The van der Waals surface area contributed by atoms with Gasteiger partial charge in [-0.3, -0.25) is 10.1 Å². The molecule has 0 radical (unpaired) electrons. The summed E-state index contributed by atoms with van der Waals surface area (Å²) < 4.78 is 0.